The molecule has 0 fully saturated rings. The molecular weight excluding hydrogens is 482 g/mol. The van der Waals surface area contributed by atoms with Gasteiger partial charge in [0.15, 0.2) is 0 Å². The van der Waals surface area contributed by atoms with Crippen molar-refractivity contribution in [1.82, 2.24) is 20.2 Å². The minimum Gasteiger partial charge on any atom is -1.00 e. The predicted octanol–water partition coefficient (Wildman–Crippen LogP) is -1.46. The molecule has 0 N–H and O–H groups in total. The van der Waals surface area contributed by atoms with E-state index in [1.807, 2.05) is 12.1 Å². The molecule has 1 aromatic heterocycles. The number of hydrogen-bond acceptors (Lipinski definition) is 3. The van der Waals surface area contributed by atoms with Gasteiger partial charge in [0.2, 0.25) is 0 Å². The van der Waals surface area contributed by atoms with Crippen molar-refractivity contribution in [2.45, 2.75) is 6.42 Å². The standard InChI is InChI=1S/C12H11.C10H7N4.2ClH.Zr/c1-2-6-11(7-3-1)10-12-8-4-5-9-12;1-2-4-9-6-10(5-8(9)3-1)14-7-11-12-13-14;;;/h1-9H,10H2;1-7H;2*1H;/q2*-1;;;+4/p-2. The molecular formula is C22H18Cl2N4Zr. The van der Waals surface area contributed by atoms with Gasteiger partial charge in [-0.15, -0.1) is 46.2 Å². The van der Waals surface area contributed by atoms with Gasteiger partial charge in [-0.3, -0.25) is 0 Å². The maximum absolute atomic E-state index is 3.84. The maximum Gasteiger partial charge on any atom is 4.00 e. The molecule has 4 aromatic carbocycles. The summed E-state index contributed by atoms with van der Waals surface area (Å²) in [4.78, 5) is 0. The minimum atomic E-state index is 0. The number of halogens is 2. The Kier molecular flexibility index (Phi) is 10.8. The van der Waals surface area contributed by atoms with Crippen LogP contribution in [0.1, 0.15) is 11.1 Å². The first-order valence-electron chi connectivity index (χ1n) is 8.52. The summed E-state index contributed by atoms with van der Waals surface area (Å²) < 4.78 is 1.65. The maximum atomic E-state index is 3.84. The molecule has 4 nitrogen and oxygen atoms in total. The molecule has 29 heavy (non-hydrogen) atoms. The van der Waals surface area contributed by atoms with Gasteiger partial charge in [0.25, 0.3) is 0 Å². The van der Waals surface area contributed by atoms with Crippen molar-refractivity contribution in [1.29, 1.82) is 0 Å². The summed E-state index contributed by atoms with van der Waals surface area (Å²) in [5.41, 5.74) is 3.76. The Morgan fingerprint density at radius 3 is 2.21 bits per heavy atom. The molecule has 0 spiro atoms. The van der Waals surface area contributed by atoms with Gasteiger partial charge >= 0.3 is 26.2 Å². The van der Waals surface area contributed by atoms with E-state index < -0.39 is 0 Å². The number of rotatable bonds is 3. The number of nitrogens with zero attached hydrogens (tertiary/aromatic N) is 4. The third kappa shape index (κ3) is 6.74. The Morgan fingerprint density at radius 2 is 1.55 bits per heavy atom. The second-order valence-corrected chi connectivity index (χ2v) is 6.05. The first-order chi connectivity index (χ1) is 12.9. The molecule has 0 radical (unpaired) electrons. The van der Waals surface area contributed by atoms with E-state index in [-0.39, 0.29) is 51.0 Å². The summed E-state index contributed by atoms with van der Waals surface area (Å²) in [6, 6.07) is 31.3. The van der Waals surface area contributed by atoms with Crippen LogP contribution < -0.4 is 24.8 Å². The summed E-state index contributed by atoms with van der Waals surface area (Å²) in [5.74, 6) is 0. The molecule has 0 aliphatic carbocycles. The van der Waals surface area contributed by atoms with Crippen molar-refractivity contribution in [3.05, 3.63) is 108 Å². The van der Waals surface area contributed by atoms with E-state index in [1.165, 1.54) is 21.9 Å². The number of aromatic nitrogens is 4. The van der Waals surface area contributed by atoms with E-state index in [4.69, 9.17) is 0 Å². The van der Waals surface area contributed by atoms with Gasteiger partial charge in [0.1, 0.15) is 6.33 Å². The van der Waals surface area contributed by atoms with Gasteiger partial charge in [-0.2, -0.15) is 17.7 Å². The molecule has 0 saturated heterocycles. The monoisotopic (exact) mass is 498 g/mol. The fourth-order valence-electron chi connectivity index (χ4n) is 2.91. The second kappa shape index (κ2) is 12.5. The van der Waals surface area contributed by atoms with Crippen LogP contribution in [0.5, 0.6) is 0 Å². The summed E-state index contributed by atoms with van der Waals surface area (Å²) in [6.45, 7) is 0. The molecule has 0 bridgehead atoms. The summed E-state index contributed by atoms with van der Waals surface area (Å²) in [7, 11) is 0. The quantitative estimate of drug-likeness (QED) is 0.285. The fourth-order valence-corrected chi connectivity index (χ4v) is 2.91. The summed E-state index contributed by atoms with van der Waals surface area (Å²) in [5, 5.41) is 13.5. The van der Waals surface area contributed by atoms with Crippen LogP contribution in [0.25, 0.3) is 16.5 Å². The zero-order valence-corrected chi connectivity index (χ0v) is 19.5. The SMILES string of the molecule is [Cl-].[Cl-].[Zr+4].c1ccc(C[c-]2cccc2)cc1.c1ccc2[cH-]c(-n3cnnn3)cc2c1. The van der Waals surface area contributed by atoms with E-state index in [9.17, 15) is 0 Å². The molecule has 0 unspecified atom stereocenters. The van der Waals surface area contributed by atoms with Crippen molar-refractivity contribution in [2.75, 3.05) is 0 Å². The van der Waals surface area contributed by atoms with Crippen molar-refractivity contribution in [3.8, 4) is 5.69 Å². The number of hydrogen-bond donors (Lipinski definition) is 0. The smallest absolute Gasteiger partial charge is 1.00 e. The largest absolute Gasteiger partial charge is 4.00 e. The third-order valence-corrected chi connectivity index (χ3v) is 4.20. The molecule has 144 valence electrons. The van der Waals surface area contributed by atoms with Crippen LogP contribution >= 0.6 is 0 Å². The Balaban J connectivity index is 0.000000266. The van der Waals surface area contributed by atoms with Crippen LogP contribution in [0.2, 0.25) is 0 Å². The van der Waals surface area contributed by atoms with E-state index in [1.54, 1.807) is 11.0 Å². The van der Waals surface area contributed by atoms with E-state index in [0.717, 1.165) is 12.1 Å². The van der Waals surface area contributed by atoms with Crippen LogP contribution in [-0.2, 0) is 32.6 Å². The van der Waals surface area contributed by atoms with Crippen LogP contribution in [0.4, 0.5) is 0 Å². The first kappa shape index (κ1) is 25.0. The van der Waals surface area contributed by atoms with Gasteiger partial charge in [-0.25, -0.2) is 16.8 Å². The zero-order chi connectivity index (χ0) is 17.6. The average molecular weight is 501 g/mol. The predicted molar refractivity (Wildman–Crippen MR) is 104 cm³/mol. The third-order valence-electron chi connectivity index (χ3n) is 4.20. The molecule has 0 aliphatic heterocycles. The Hall–Kier alpha value is -2.07. The molecule has 7 heteroatoms. The Labute approximate surface area is 201 Å². The molecule has 0 amide bonds. The second-order valence-electron chi connectivity index (χ2n) is 6.05. The summed E-state index contributed by atoms with van der Waals surface area (Å²) >= 11 is 0. The van der Waals surface area contributed by atoms with E-state index in [2.05, 4.69) is 94.4 Å². The van der Waals surface area contributed by atoms with Crippen molar-refractivity contribution in [3.63, 3.8) is 0 Å². The van der Waals surface area contributed by atoms with E-state index >= 15 is 0 Å². The molecule has 1 heterocycles. The molecule has 0 saturated carbocycles. The first-order valence-corrected chi connectivity index (χ1v) is 8.52. The van der Waals surface area contributed by atoms with Crippen molar-refractivity contribution >= 4 is 10.8 Å². The van der Waals surface area contributed by atoms with Crippen LogP contribution in [0, 0.1) is 0 Å². The fraction of sp³-hybridized carbons (Fsp3) is 0.0455. The molecule has 0 aliphatic rings. The van der Waals surface area contributed by atoms with Crippen LogP contribution in [0.3, 0.4) is 0 Å². The van der Waals surface area contributed by atoms with Gasteiger partial charge in [0, 0.05) is 0 Å². The minimum absolute atomic E-state index is 0. The van der Waals surface area contributed by atoms with Gasteiger partial charge < -0.3 is 24.8 Å². The van der Waals surface area contributed by atoms with Crippen molar-refractivity contribution in [2.24, 2.45) is 0 Å². The Bertz CT molecular complexity index is 1030. The van der Waals surface area contributed by atoms with Crippen LogP contribution in [-0.4, -0.2) is 20.2 Å². The van der Waals surface area contributed by atoms with E-state index in [0.29, 0.717) is 0 Å². The molecule has 5 aromatic rings. The number of tetrazole rings is 1. The topological polar surface area (TPSA) is 43.6 Å². The van der Waals surface area contributed by atoms with Gasteiger partial charge in [-0.1, -0.05) is 42.0 Å². The summed E-state index contributed by atoms with van der Waals surface area (Å²) in [6.07, 6.45) is 2.64. The molecule has 0 atom stereocenters. The average Bonchev–Trinajstić information content (AvgIpc) is 3.44. The molecule has 5 rings (SSSR count). The van der Waals surface area contributed by atoms with Gasteiger partial charge in [-0.05, 0) is 22.5 Å². The zero-order valence-electron chi connectivity index (χ0n) is 15.5. The van der Waals surface area contributed by atoms with Crippen molar-refractivity contribution < 1.29 is 51.0 Å². The van der Waals surface area contributed by atoms with Gasteiger partial charge in [0.05, 0.1) is 0 Å². The normalized spacial score (nSPS) is 9.38. The Morgan fingerprint density at radius 1 is 0.862 bits per heavy atom. The number of benzene rings is 2. The number of fused-ring (bicyclic) bond motifs is 1. The van der Waals surface area contributed by atoms with Crippen LogP contribution in [0.15, 0.2) is 97.3 Å².